The lowest BCUT2D eigenvalue weighted by molar-refractivity contribution is 0.668. The van der Waals surface area contributed by atoms with Crippen molar-refractivity contribution in [2.75, 3.05) is 0 Å². The van der Waals surface area contributed by atoms with E-state index in [2.05, 4.69) is 108 Å². The first-order valence-corrected chi connectivity index (χ1v) is 21.0. The minimum Gasteiger partial charge on any atom is -0.456 e. The average Bonchev–Trinajstić information content (AvgIpc) is 4.00. The molecule has 0 N–H and O–H groups in total. The molecule has 0 fully saturated rings. The van der Waals surface area contributed by atoms with E-state index in [4.69, 9.17) is 59.3 Å². The normalized spacial score (nSPS) is 11.9. The molecule has 0 unspecified atom stereocenters. The maximum absolute atomic E-state index is 7.41. The van der Waals surface area contributed by atoms with Crippen molar-refractivity contribution in [2.24, 2.45) is 0 Å². The quantitative estimate of drug-likeness (QED) is 0.187. The van der Waals surface area contributed by atoms with Gasteiger partial charge in [-0.1, -0.05) is 143 Å². The topological polar surface area (TPSA) is 23.0 Å². The molecule has 0 aliphatic carbocycles. The minimum absolute atomic E-state index is 0.160. The maximum Gasteiger partial charge on any atom is 0.137 e. The molecule has 0 amide bonds. The van der Waals surface area contributed by atoms with E-state index in [-0.39, 0.29) is 21.9 Å². The number of nitrogens with zero attached hydrogens (tertiary/aromatic N) is 2. The number of aromatic nitrogens is 2. The van der Waals surface area contributed by atoms with Crippen LogP contribution in [0.2, 0.25) is 0 Å². The molecule has 3 nitrogen and oxygen atoms in total. The number of benzene rings is 9. The molecule has 0 aliphatic heterocycles. The van der Waals surface area contributed by atoms with Gasteiger partial charge in [0, 0.05) is 55.3 Å². The molecule has 12 aromatic rings. The zero-order chi connectivity index (χ0) is 43.5. The van der Waals surface area contributed by atoms with E-state index < -0.39 is 0 Å². The molecule has 10 heteroatoms. The maximum atomic E-state index is 7.41. The Morgan fingerprint density at radius 1 is 0.344 bits per heavy atom. The number of para-hydroxylation sites is 2. The Balaban J connectivity index is 1.14. The third kappa shape index (κ3) is 5.51. The smallest absolute Gasteiger partial charge is 0.137 e. The molecular formula is C54H27B7N2O. The lowest BCUT2D eigenvalue weighted by atomic mass is 9.64. The molecule has 0 saturated carbocycles. The van der Waals surface area contributed by atoms with Crippen molar-refractivity contribution in [1.82, 2.24) is 9.13 Å². The molecule has 12 rings (SSSR count). The Bertz CT molecular complexity index is 3930. The fourth-order valence-corrected chi connectivity index (χ4v) is 9.89. The van der Waals surface area contributed by atoms with Crippen LogP contribution < -0.4 is 38.2 Å². The second kappa shape index (κ2) is 14.4. The minimum atomic E-state index is 0.160. The second-order valence-electron chi connectivity index (χ2n) is 16.4. The summed E-state index contributed by atoms with van der Waals surface area (Å²) in [5, 5.41) is 5.12. The Hall–Kier alpha value is -7.17. The van der Waals surface area contributed by atoms with E-state index in [1.165, 1.54) is 0 Å². The van der Waals surface area contributed by atoms with E-state index >= 15 is 0 Å². The molecule has 14 radical (unpaired) electrons. The van der Waals surface area contributed by atoms with Crippen LogP contribution in [0, 0.1) is 0 Å². The molecule has 0 saturated heterocycles. The van der Waals surface area contributed by atoms with Crippen LogP contribution in [0.15, 0.2) is 168 Å². The summed E-state index contributed by atoms with van der Waals surface area (Å²) in [4.78, 5) is 0. The third-order valence-electron chi connectivity index (χ3n) is 12.9. The molecule has 0 atom stereocenters. The van der Waals surface area contributed by atoms with Gasteiger partial charge < -0.3 is 13.6 Å². The van der Waals surface area contributed by atoms with Crippen molar-refractivity contribution in [3.8, 4) is 44.8 Å². The summed E-state index contributed by atoms with van der Waals surface area (Å²) in [6, 6.07) is 56.2. The van der Waals surface area contributed by atoms with Crippen LogP contribution in [0.4, 0.5) is 0 Å². The number of furan rings is 1. The van der Waals surface area contributed by atoms with Gasteiger partial charge in [-0.05, 0) is 75.7 Å². The van der Waals surface area contributed by atoms with E-state index in [9.17, 15) is 0 Å². The zero-order valence-electron chi connectivity index (χ0n) is 34.4. The van der Waals surface area contributed by atoms with Crippen LogP contribution in [0.25, 0.3) is 110 Å². The molecule has 3 heterocycles. The van der Waals surface area contributed by atoms with Gasteiger partial charge in [0.1, 0.15) is 66.1 Å². The van der Waals surface area contributed by atoms with Gasteiger partial charge in [-0.3, -0.25) is 0 Å². The predicted octanol–water partition coefficient (Wildman–Crippen LogP) is 6.34. The van der Waals surface area contributed by atoms with Gasteiger partial charge in [-0.15, -0.1) is 10.9 Å². The van der Waals surface area contributed by atoms with Crippen LogP contribution >= 0.6 is 0 Å². The molecule has 3 aromatic heterocycles. The highest BCUT2D eigenvalue weighted by Crippen LogP contribution is 2.40. The van der Waals surface area contributed by atoms with Crippen LogP contribution in [0.5, 0.6) is 0 Å². The highest BCUT2D eigenvalue weighted by molar-refractivity contribution is 6.69. The highest BCUT2D eigenvalue weighted by atomic mass is 16.3. The molecule has 9 aromatic carbocycles. The summed E-state index contributed by atoms with van der Waals surface area (Å²) in [6.45, 7) is 0. The molecular weight excluding hydrogens is 768 g/mol. The van der Waals surface area contributed by atoms with Gasteiger partial charge in [0.2, 0.25) is 0 Å². The van der Waals surface area contributed by atoms with Crippen LogP contribution in [-0.4, -0.2) is 64.1 Å². The predicted molar refractivity (Wildman–Crippen MR) is 276 cm³/mol. The Labute approximate surface area is 379 Å². The molecule has 64 heavy (non-hydrogen) atoms. The Morgan fingerprint density at radius 2 is 0.953 bits per heavy atom. The van der Waals surface area contributed by atoms with Gasteiger partial charge in [-0.25, -0.2) is 0 Å². The highest BCUT2D eigenvalue weighted by Gasteiger charge is 2.25. The fourth-order valence-electron chi connectivity index (χ4n) is 9.89. The SMILES string of the molecule is [B]c1c([B])c([B])c2c(c1[B])c1c([B])c(-c3ccc4c(c3)c3ccc(-c5ccccc5)cc3n4-c3ccccc3-c3ccccc3)c([B])c([B])c1n2-c1ccc2c(c1)oc1ccccc12. The van der Waals surface area contributed by atoms with Gasteiger partial charge in [0.15, 0.2) is 0 Å². The number of rotatable bonds is 5. The van der Waals surface area contributed by atoms with E-state index in [0.29, 0.717) is 55.0 Å². The van der Waals surface area contributed by atoms with Crippen LogP contribution in [-0.2, 0) is 0 Å². The van der Waals surface area contributed by atoms with Crippen LogP contribution in [0.3, 0.4) is 0 Å². The average molecular weight is 796 g/mol. The number of fused-ring (bicyclic) bond motifs is 9. The van der Waals surface area contributed by atoms with Crippen molar-refractivity contribution in [3.05, 3.63) is 164 Å². The fraction of sp³-hybridized carbons (Fsp3) is 0. The molecule has 0 spiro atoms. The summed E-state index contributed by atoms with van der Waals surface area (Å²) in [6.07, 6.45) is 0. The Kier molecular flexibility index (Phi) is 8.69. The summed E-state index contributed by atoms with van der Waals surface area (Å²) in [7, 11) is 48.8. The van der Waals surface area contributed by atoms with Gasteiger partial charge in [-0.2, -0.15) is 0 Å². The molecule has 0 bridgehead atoms. The van der Waals surface area contributed by atoms with Crippen molar-refractivity contribution in [2.45, 2.75) is 0 Å². The molecule has 280 valence electrons. The Morgan fingerprint density at radius 3 is 1.73 bits per heavy atom. The summed E-state index contributed by atoms with van der Waals surface area (Å²) >= 11 is 0. The number of hydrogen-bond acceptors (Lipinski definition) is 1. The van der Waals surface area contributed by atoms with Crippen molar-refractivity contribution in [1.29, 1.82) is 0 Å². The van der Waals surface area contributed by atoms with Crippen molar-refractivity contribution >= 4 is 159 Å². The standard InChI is InChI=1S/C54H27B7N2O/c55-46-43(47(56)51(60)53-44(46)45-48(57)49(58)50(59)52(61)54(45)62(53)32-21-23-36-35-16-8-10-18-41(35)64-42(36)27-32)31-20-24-39-37(25-31)34-22-19-30(28-11-3-1-4-12-28)26-40(34)63(39)38-17-9-7-15-33(38)29-13-5-2-6-14-29/h1-27H. The first-order valence-electron chi connectivity index (χ1n) is 21.0. The van der Waals surface area contributed by atoms with Crippen LogP contribution in [0.1, 0.15) is 0 Å². The monoisotopic (exact) mass is 796 g/mol. The first kappa shape index (κ1) is 38.5. The zero-order valence-corrected chi connectivity index (χ0v) is 34.4. The first-order chi connectivity index (χ1) is 31.2. The van der Waals surface area contributed by atoms with Crippen molar-refractivity contribution < 1.29 is 4.42 Å². The second-order valence-corrected chi connectivity index (χ2v) is 16.4. The van der Waals surface area contributed by atoms with E-state index in [1.807, 2.05) is 65.2 Å². The summed E-state index contributed by atoms with van der Waals surface area (Å²) in [5.74, 6) is 0. The van der Waals surface area contributed by atoms with E-state index in [0.717, 1.165) is 71.7 Å². The van der Waals surface area contributed by atoms with Gasteiger partial charge in [0.05, 0.1) is 16.7 Å². The van der Waals surface area contributed by atoms with E-state index in [1.54, 1.807) is 0 Å². The lowest BCUT2D eigenvalue weighted by Gasteiger charge is -2.19. The summed E-state index contributed by atoms with van der Waals surface area (Å²) in [5.41, 5.74) is 13.9. The molecule has 0 aliphatic rings. The van der Waals surface area contributed by atoms with Gasteiger partial charge >= 0.3 is 0 Å². The van der Waals surface area contributed by atoms with Crippen molar-refractivity contribution in [3.63, 3.8) is 0 Å². The van der Waals surface area contributed by atoms with Gasteiger partial charge in [0.25, 0.3) is 0 Å². The third-order valence-corrected chi connectivity index (χ3v) is 12.9. The number of hydrogen-bond donors (Lipinski definition) is 0. The largest absolute Gasteiger partial charge is 0.456 e. The summed E-state index contributed by atoms with van der Waals surface area (Å²) < 4.78 is 10.6. The lowest BCUT2D eigenvalue weighted by Crippen LogP contribution is -2.48.